The zero-order valence-electron chi connectivity index (χ0n) is 16.1. The van der Waals surface area contributed by atoms with E-state index in [0.29, 0.717) is 13.2 Å². The molecule has 0 radical (unpaired) electrons. The van der Waals surface area contributed by atoms with Gasteiger partial charge >= 0.3 is 7.82 Å². The van der Waals surface area contributed by atoms with E-state index in [1.54, 1.807) is 0 Å². The fourth-order valence-electron chi connectivity index (χ4n) is 2.69. The smallest absolute Gasteiger partial charge is 0.302 e. The summed E-state index contributed by atoms with van der Waals surface area (Å²) < 4.78 is 21.7. The summed E-state index contributed by atoms with van der Waals surface area (Å²) in [5.74, 6) is 0. The highest BCUT2D eigenvalue weighted by molar-refractivity contribution is 7.47. The van der Waals surface area contributed by atoms with E-state index in [2.05, 4.69) is 13.8 Å². The summed E-state index contributed by atoms with van der Waals surface area (Å²) in [5.41, 5.74) is 0. The quantitative estimate of drug-likeness (QED) is 0.198. The van der Waals surface area contributed by atoms with Gasteiger partial charge in [-0.15, -0.1) is 0 Å². The van der Waals surface area contributed by atoms with Crippen molar-refractivity contribution in [2.24, 2.45) is 0 Å². The van der Waals surface area contributed by atoms with Crippen molar-refractivity contribution in [1.82, 2.24) is 0 Å². The number of unbranched alkanes of at least 4 members (excludes halogenated alkanes) is 13. The van der Waals surface area contributed by atoms with Gasteiger partial charge in [0.05, 0.1) is 13.2 Å². The highest BCUT2D eigenvalue weighted by Crippen LogP contribution is 2.43. The lowest BCUT2D eigenvalue weighted by Crippen LogP contribution is -1.99. The van der Waals surface area contributed by atoms with Crippen LogP contribution < -0.4 is 0 Å². The van der Waals surface area contributed by atoms with Crippen LogP contribution in [0.15, 0.2) is 0 Å². The normalized spacial score (nSPS) is 14.0. The third kappa shape index (κ3) is 18.4. The zero-order valence-corrected chi connectivity index (χ0v) is 17.0. The molecule has 0 fully saturated rings. The van der Waals surface area contributed by atoms with Crippen molar-refractivity contribution in [3.05, 3.63) is 0 Å². The predicted octanol–water partition coefficient (Wildman–Crippen LogP) is 7.01. The summed E-state index contributed by atoms with van der Waals surface area (Å²) in [5, 5.41) is 0. The average Bonchev–Trinajstić information content (AvgIpc) is 2.56. The molecule has 0 aliphatic rings. The third-order valence-corrected chi connectivity index (χ3v) is 5.27. The first kappa shape index (κ1) is 24.1. The first-order valence-electron chi connectivity index (χ1n) is 10.2. The molecule has 0 aromatic carbocycles. The number of rotatable bonds is 19. The van der Waals surface area contributed by atoms with Crippen molar-refractivity contribution in [3.63, 3.8) is 0 Å². The van der Waals surface area contributed by atoms with E-state index in [4.69, 9.17) is 9.05 Å². The lowest BCUT2D eigenvalue weighted by atomic mass is 10.1. The highest BCUT2D eigenvalue weighted by Gasteiger charge is 2.19. The minimum absolute atomic E-state index is 0.315. The van der Waals surface area contributed by atoms with Crippen LogP contribution in [-0.2, 0) is 13.6 Å². The Balaban J connectivity index is 3.31. The second-order valence-corrected chi connectivity index (χ2v) is 8.18. The standard InChI is InChI=1S/C19H41O4P/c1-3-5-7-9-10-11-12-13-15-17-19-23-24(20,21)22-18-16-14-8-6-4-2/h3-19H2,1-2H3,(H,20,21). The van der Waals surface area contributed by atoms with Crippen molar-refractivity contribution < 1.29 is 18.5 Å². The molecule has 0 aliphatic carbocycles. The molecular weight excluding hydrogens is 323 g/mol. The van der Waals surface area contributed by atoms with E-state index in [-0.39, 0.29) is 0 Å². The molecule has 0 aromatic heterocycles. The number of phosphoric acid groups is 1. The molecule has 0 rings (SSSR count). The van der Waals surface area contributed by atoms with Gasteiger partial charge < -0.3 is 4.89 Å². The molecule has 0 bridgehead atoms. The maximum absolute atomic E-state index is 11.7. The minimum atomic E-state index is -3.83. The van der Waals surface area contributed by atoms with Gasteiger partial charge in [-0.2, -0.15) is 0 Å². The molecule has 1 unspecified atom stereocenters. The molecule has 0 aliphatic heterocycles. The van der Waals surface area contributed by atoms with Gasteiger partial charge in [0, 0.05) is 0 Å². The lowest BCUT2D eigenvalue weighted by molar-refractivity contribution is 0.145. The highest BCUT2D eigenvalue weighted by atomic mass is 31.2. The van der Waals surface area contributed by atoms with Gasteiger partial charge in [-0.25, -0.2) is 4.57 Å². The molecule has 4 nitrogen and oxygen atoms in total. The second kappa shape index (κ2) is 17.9. The SMILES string of the molecule is CCCCCCCCCCCCOP(=O)(O)OCCCCCCC. The molecule has 146 valence electrons. The van der Waals surface area contributed by atoms with Crippen molar-refractivity contribution in [1.29, 1.82) is 0 Å². The largest absolute Gasteiger partial charge is 0.472 e. The Bertz CT molecular complexity index is 297. The van der Waals surface area contributed by atoms with Crippen molar-refractivity contribution in [2.75, 3.05) is 13.2 Å². The van der Waals surface area contributed by atoms with Gasteiger partial charge in [0.2, 0.25) is 0 Å². The van der Waals surface area contributed by atoms with Gasteiger partial charge in [0.25, 0.3) is 0 Å². The second-order valence-electron chi connectivity index (χ2n) is 6.73. The Morgan fingerprint density at radius 3 is 1.21 bits per heavy atom. The summed E-state index contributed by atoms with van der Waals surface area (Å²) in [6.45, 7) is 5.04. The maximum atomic E-state index is 11.7. The molecule has 1 N–H and O–H groups in total. The summed E-state index contributed by atoms with van der Waals surface area (Å²) in [7, 11) is -3.83. The fraction of sp³-hybridized carbons (Fsp3) is 1.00. The Morgan fingerprint density at radius 2 is 0.875 bits per heavy atom. The van der Waals surface area contributed by atoms with E-state index in [1.807, 2.05) is 0 Å². The first-order valence-corrected chi connectivity index (χ1v) is 11.7. The summed E-state index contributed by atoms with van der Waals surface area (Å²) in [6, 6.07) is 0. The van der Waals surface area contributed by atoms with Crippen LogP contribution in [0.25, 0.3) is 0 Å². The molecule has 0 saturated carbocycles. The van der Waals surface area contributed by atoms with E-state index in [0.717, 1.165) is 32.1 Å². The minimum Gasteiger partial charge on any atom is -0.302 e. The average molecular weight is 365 g/mol. The van der Waals surface area contributed by atoms with E-state index in [9.17, 15) is 9.46 Å². The van der Waals surface area contributed by atoms with Gasteiger partial charge in [-0.1, -0.05) is 97.3 Å². The van der Waals surface area contributed by atoms with Gasteiger partial charge in [-0.05, 0) is 12.8 Å². The Morgan fingerprint density at radius 1 is 0.583 bits per heavy atom. The molecule has 0 amide bonds. The Labute approximate surface area is 150 Å². The van der Waals surface area contributed by atoms with Gasteiger partial charge in [0.1, 0.15) is 0 Å². The maximum Gasteiger partial charge on any atom is 0.472 e. The van der Waals surface area contributed by atoms with Crippen LogP contribution in [0, 0.1) is 0 Å². The van der Waals surface area contributed by atoms with Crippen LogP contribution in [-0.4, -0.2) is 18.1 Å². The summed E-state index contributed by atoms with van der Waals surface area (Å²) in [4.78, 5) is 9.57. The zero-order chi connectivity index (χ0) is 17.9. The van der Waals surface area contributed by atoms with Crippen LogP contribution in [0.1, 0.15) is 110 Å². The summed E-state index contributed by atoms with van der Waals surface area (Å²) in [6.07, 6.45) is 17.8. The van der Waals surface area contributed by atoms with Crippen LogP contribution in [0.2, 0.25) is 0 Å². The molecular formula is C19H41O4P. The number of hydrogen-bond donors (Lipinski definition) is 1. The molecule has 0 saturated heterocycles. The molecule has 0 heterocycles. The summed E-state index contributed by atoms with van der Waals surface area (Å²) >= 11 is 0. The third-order valence-electron chi connectivity index (χ3n) is 4.25. The lowest BCUT2D eigenvalue weighted by Gasteiger charge is -2.12. The number of phosphoric ester groups is 1. The van der Waals surface area contributed by atoms with Crippen LogP contribution >= 0.6 is 7.82 Å². The fourth-order valence-corrected chi connectivity index (χ4v) is 3.49. The topological polar surface area (TPSA) is 55.8 Å². The predicted molar refractivity (Wildman–Crippen MR) is 102 cm³/mol. The van der Waals surface area contributed by atoms with Crippen molar-refractivity contribution in [2.45, 2.75) is 110 Å². The molecule has 24 heavy (non-hydrogen) atoms. The molecule has 0 aromatic rings. The Kier molecular flexibility index (Phi) is 18.0. The van der Waals surface area contributed by atoms with Crippen LogP contribution in [0.5, 0.6) is 0 Å². The van der Waals surface area contributed by atoms with Crippen LogP contribution in [0.3, 0.4) is 0 Å². The van der Waals surface area contributed by atoms with Crippen molar-refractivity contribution in [3.8, 4) is 0 Å². The monoisotopic (exact) mass is 364 g/mol. The van der Waals surface area contributed by atoms with Gasteiger partial charge in [0.15, 0.2) is 0 Å². The van der Waals surface area contributed by atoms with Gasteiger partial charge in [-0.3, -0.25) is 9.05 Å². The molecule has 0 spiro atoms. The number of hydrogen-bond acceptors (Lipinski definition) is 3. The molecule has 5 heteroatoms. The van der Waals surface area contributed by atoms with E-state index in [1.165, 1.54) is 64.2 Å². The van der Waals surface area contributed by atoms with Crippen molar-refractivity contribution >= 4 is 7.82 Å². The van der Waals surface area contributed by atoms with E-state index >= 15 is 0 Å². The van der Waals surface area contributed by atoms with Crippen LogP contribution in [0.4, 0.5) is 0 Å². The first-order chi connectivity index (χ1) is 11.6. The Hall–Kier alpha value is 0.110. The molecule has 1 atom stereocenters. The van der Waals surface area contributed by atoms with E-state index < -0.39 is 7.82 Å².